The summed E-state index contributed by atoms with van der Waals surface area (Å²) in [6, 6.07) is 0.661. The normalized spacial score (nSPS) is 25.5. The first-order valence-electron chi connectivity index (χ1n) is 4.92. The van der Waals surface area contributed by atoms with E-state index in [1.165, 1.54) is 23.5 Å². The lowest BCUT2D eigenvalue weighted by Crippen LogP contribution is -2.45. The average molecular weight is 200 g/mol. The fraction of sp³-hybridized carbons (Fsp3) is 0.800. The molecule has 1 atom stereocenters. The number of nitrogens with zero attached hydrogens (tertiary/aromatic N) is 1. The summed E-state index contributed by atoms with van der Waals surface area (Å²) < 4.78 is 0. The summed E-state index contributed by atoms with van der Waals surface area (Å²) in [5.74, 6) is 2.54. The number of nitrogens with one attached hydrogen (secondary N) is 1. The third-order valence-electron chi connectivity index (χ3n) is 2.27. The molecule has 3 heteroatoms. The predicted molar refractivity (Wildman–Crippen MR) is 60.9 cm³/mol. The van der Waals surface area contributed by atoms with E-state index in [1.807, 2.05) is 0 Å². The van der Waals surface area contributed by atoms with Crippen LogP contribution < -0.4 is 5.43 Å². The molecule has 1 aliphatic heterocycles. The van der Waals surface area contributed by atoms with Gasteiger partial charge < -0.3 is 0 Å². The molecule has 0 aromatic heterocycles. The van der Waals surface area contributed by atoms with E-state index in [0.29, 0.717) is 6.04 Å². The zero-order valence-electron chi connectivity index (χ0n) is 8.68. The van der Waals surface area contributed by atoms with Crippen molar-refractivity contribution in [3.05, 3.63) is 12.2 Å². The Labute approximate surface area is 85.7 Å². The van der Waals surface area contributed by atoms with Gasteiger partial charge in [-0.1, -0.05) is 12.2 Å². The smallest absolute Gasteiger partial charge is 0.0307 e. The van der Waals surface area contributed by atoms with E-state index in [2.05, 4.69) is 42.6 Å². The van der Waals surface area contributed by atoms with Crippen LogP contribution in [0.2, 0.25) is 0 Å². The Morgan fingerprint density at radius 1 is 1.62 bits per heavy atom. The van der Waals surface area contributed by atoms with Crippen molar-refractivity contribution in [2.75, 3.05) is 24.6 Å². The molecule has 1 saturated heterocycles. The van der Waals surface area contributed by atoms with Crippen LogP contribution in [0.5, 0.6) is 0 Å². The zero-order valence-corrected chi connectivity index (χ0v) is 9.49. The molecule has 0 aromatic rings. The molecule has 0 bridgehead atoms. The maximum atomic E-state index is 3.89. The lowest BCUT2D eigenvalue weighted by atomic mass is 10.2. The highest BCUT2D eigenvalue weighted by Gasteiger charge is 2.15. The first kappa shape index (κ1) is 11.1. The van der Waals surface area contributed by atoms with E-state index >= 15 is 0 Å². The fourth-order valence-electron chi connectivity index (χ4n) is 1.37. The molecule has 0 aliphatic carbocycles. The third kappa shape index (κ3) is 4.16. The summed E-state index contributed by atoms with van der Waals surface area (Å²) in [5.41, 5.74) is 4.63. The van der Waals surface area contributed by atoms with E-state index in [-0.39, 0.29) is 0 Å². The summed E-state index contributed by atoms with van der Waals surface area (Å²) in [5, 5.41) is 2.36. The van der Waals surface area contributed by atoms with Crippen molar-refractivity contribution < 1.29 is 0 Å². The number of rotatable bonds is 3. The average Bonchev–Trinajstić information content (AvgIpc) is 2.27. The number of hydrogen-bond acceptors (Lipinski definition) is 3. The largest absolute Gasteiger partial charge is 0.251 e. The molecule has 1 fully saturated rings. The van der Waals surface area contributed by atoms with Gasteiger partial charge in [0.25, 0.3) is 0 Å². The first-order chi connectivity index (χ1) is 6.20. The predicted octanol–water partition coefficient (Wildman–Crippen LogP) is 1.89. The van der Waals surface area contributed by atoms with Gasteiger partial charge in [-0.15, -0.1) is 0 Å². The molecule has 2 nitrogen and oxygen atoms in total. The number of hydrazine groups is 1. The van der Waals surface area contributed by atoms with Gasteiger partial charge in [-0.05, 0) is 26.0 Å². The van der Waals surface area contributed by atoms with Crippen LogP contribution in [0.4, 0.5) is 0 Å². The molecule has 0 amide bonds. The van der Waals surface area contributed by atoms with Gasteiger partial charge in [0, 0.05) is 24.9 Å². The zero-order chi connectivity index (χ0) is 9.68. The summed E-state index contributed by atoms with van der Waals surface area (Å²) in [7, 11) is 0. The quantitative estimate of drug-likeness (QED) is 0.700. The molecular weight excluding hydrogens is 180 g/mol. The van der Waals surface area contributed by atoms with Gasteiger partial charge >= 0.3 is 0 Å². The highest BCUT2D eigenvalue weighted by atomic mass is 32.2. The highest BCUT2D eigenvalue weighted by molar-refractivity contribution is 7.99. The highest BCUT2D eigenvalue weighted by Crippen LogP contribution is 2.13. The minimum atomic E-state index is 0.661. The van der Waals surface area contributed by atoms with Gasteiger partial charge in [-0.3, -0.25) is 5.43 Å². The van der Waals surface area contributed by atoms with Crippen LogP contribution in [0.25, 0.3) is 0 Å². The van der Waals surface area contributed by atoms with Crippen molar-refractivity contribution in [1.82, 2.24) is 10.4 Å². The summed E-state index contributed by atoms with van der Waals surface area (Å²) in [6.45, 7) is 10.3. The summed E-state index contributed by atoms with van der Waals surface area (Å²) >= 11 is 2.05. The third-order valence-corrected chi connectivity index (χ3v) is 3.27. The van der Waals surface area contributed by atoms with E-state index < -0.39 is 0 Å². The Bertz CT molecular complexity index is 170. The van der Waals surface area contributed by atoms with Gasteiger partial charge in [0.1, 0.15) is 0 Å². The van der Waals surface area contributed by atoms with Crippen molar-refractivity contribution >= 4 is 11.8 Å². The van der Waals surface area contributed by atoms with Crippen molar-refractivity contribution in [2.24, 2.45) is 0 Å². The van der Waals surface area contributed by atoms with Gasteiger partial charge in [-0.2, -0.15) is 11.8 Å². The Hall–Kier alpha value is 0.0100. The molecule has 1 aliphatic rings. The first-order valence-corrected chi connectivity index (χ1v) is 6.08. The summed E-state index contributed by atoms with van der Waals surface area (Å²) in [4.78, 5) is 0. The molecule has 1 unspecified atom stereocenters. The van der Waals surface area contributed by atoms with Crippen LogP contribution in [0.15, 0.2) is 12.2 Å². The molecule has 0 saturated carbocycles. The van der Waals surface area contributed by atoms with Crippen LogP contribution in [0, 0.1) is 0 Å². The van der Waals surface area contributed by atoms with Crippen molar-refractivity contribution in [3.63, 3.8) is 0 Å². The maximum absolute atomic E-state index is 3.89. The Kier molecular flexibility index (Phi) is 4.84. The second kappa shape index (κ2) is 5.68. The number of hydrogen-bond donors (Lipinski definition) is 1. The molecule has 0 spiro atoms. The van der Waals surface area contributed by atoms with Crippen LogP contribution in [-0.4, -0.2) is 35.6 Å². The maximum Gasteiger partial charge on any atom is 0.0307 e. The van der Waals surface area contributed by atoms with Crippen LogP contribution >= 0.6 is 11.8 Å². The van der Waals surface area contributed by atoms with Gasteiger partial charge in [0.2, 0.25) is 0 Å². The van der Waals surface area contributed by atoms with Gasteiger partial charge in [0.15, 0.2) is 0 Å². The molecule has 76 valence electrons. The van der Waals surface area contributed by atoms with Gasteiger partial charge in [0.05, 0.1) is 0 Å². The summed E-state index contributed by atoms with van der Waals surface area (Å²) in [6.07, 6.45) is 1.29. The van der Waals surface area contributed by atoms with Crippen molar-refractivity contribution in [2.45, 2.75) is 26.3 Å². The van der Waals surface area contributed by atoms with Crippen molar-refractivity contribution in [3.8, 4) is 0 Å². The van der Waals surface area contributed by atoms with E-state index in [9.17, 15) is 0 Å². The molecule has 0 radical (unpaired) electrons. The number of thioether (sulfide) groups is 1. The monoisotopic (exact) mass is 200 g/mol. The lowest BCUT2D eigenvalue weighted by Gasteiger charge is -2.27. The minimum Gasteiger partial charge on any atom is -0.251 e. The standard InChI is InChI=1S/C10H20N2S/c1-9(2)8-11-12-5-7-13-6-4-10(12)3/h10-11H,1,4-8H2,2-3H3. The molecular formula is C10H20N2S. The van der Waals surface area contributed by atoms with E-state index in [1.54, 1.807) is 0 Å². The molecule has 1 N–H and O–H groups in total. The minimum absolute atomic E-state index is 0.661. The topological polar surface area (TPSA) is 15.3 Å². The van der Waals surface area contributed by atoms with E-state index in [4.69, 9.17) is 0 Å². The Morgan fingerprint density at radius 2 is 2.38 bits per heavy atom. The fourth-order valence-corrected chi connectivity index (χ4v) is 2.40. The molecule has 1 rings (SSSR count). The van der Waals surface area contributed by atoms with Crippen LogP contribution in [0.3, 0.4) is 0 Å². The molecule has 13 heavy (non-hydrogen) atoms. The van der Waals surface area contributed by atoms with Gasteiger partial charge in [-0.25, -0.2) is 5.01 Å². The Morgan fingerprint density at radius 3 is 3.08 bits per heavy atom. The van der Waals surface area contributed by atoms with Crippen LogP contribution in [0.1, 0.15) is 20.3 Å². The molecule has 1 heterocycles. The Balaban J connectivity index is 2.31. The van der Waals surface area contributed by atoms with E-state index in [0.717, 1.165) is 13.1 Å². The second-order valence-corrected chi connectivity index (χ2v) is 4.96. The lowest BCUT2D eigenvalue weighted by molar-refractivity contribution is 0.150. The molecule has 0 aromatic carbocycles. The second-order valence-electron chi connectivity index (χ2n) is 3.74. The van der Waals surface area contributed by atoms with Crippen molar-refractivity contribution in [1.29, 1.82) is 0 Å². The van der Waals surface area contributed by atoms with Crippen LogP contribution in [-0.2, 0) is 0 Å². The SMILES string of the molecule is C=C(C)CNN1CCSCCC1C.